The van der Waals surface area contributed by atoms with Gasteiger partial charge in [0.1, 0.15) is 5.69 Å². The number of carbonyl (C=O) groups excluding carboxylic acids is 2. The van der Waals surface area contributed by atoms with Crippen molar-refractivity contribution in [2.24, 2.45) is 10.7 Å². The number of halogens is 2. The van der Waals surface area contributed by atoms with Crippen LogP contribution in [0.1, 0.15) is 43.7 Å². The molecule has 1 atom stereocenters. The molecule has 2 N–H and O–H groups in total. The first-order chi connectivity index (χ1) is 16.8. The molecular weight excluding hydrogens is 450 g/mol. The van der Waals surface area contributed by atoms with E-state index in [1.165, 1.54) is 18.1 Å². The minimum Gasteiger partial charge on any atom is -0.404 e. The molecule has 1 aliphatic carbocycles. The van der Waals surface area contributed by atoms with E-state index in [0.29, 0.717) is 41.8 Å². The molecule has 8 heteroatoms. The van der Waals surface area contributed by atoms with Gasteiger partial charge in [-0.05, 0) is 50.5 Å². The summed E-state index contributed by atoms with van der Waals surface area (Å²) < 4.78 is 30.2. The summed E-state index contributed by atoms with van der Waals surface area (Å²) in [7, 11) is 1.52. The molecule has 1 aliphatic heterocycles. The van der Waals surface area contributed by atoms with Crippen molar-refractivity contribution in [2.45, 2.75) is 38.1 Å². The van der Waals surface area contributed by atoms with E-state index < -0.39 is 34.8 Å². The molecule has 1 saturated heterocycles. The summed E-state index contributed by atoms with van der Waals surface area (Å²) in [4.78, 5) is 33.1. The lowest BCUT2D eigenvalue weighted by atomic mass is 9.72. The lowest BCUT2D eigenvalue weighted by Gasteiger charge is -2.50. The molecule has 6 nitrogen and oxygen atoms in total. The molecule has 0 aromatic heterocycles. The number of likely N-dealkylation sites (N-methyl/N-ethyl adjacent to an activating group) is 1. The predicted octanol–water partition coefficient (Wildman–Crippen LogP) is 4.38. The number of nitrogens with two attached hydrogens (primary N) is 1. The summed E-state index contributed by atoms with van der Waals surface area (Å²) in [6, 6.07) is 10.2. The summed E-state index contributed by atoms with van der Waals surface area (Å²) in [6.45, 7) is 2.43. The van der Waals surface area contributed by atoms with Gasteiger partial charge < -0.3 is 10.6 Å². The van der Waals surface area contributed by atoms with Crippen LogP contribution in [0.4, 0.5) is 19.3 Å². The largest absolute Gasteiger partial charge is 0.404 e. The van der Waals surface area contributed by atoms with Crippen molar-refractivity contribution < 1.29 is 18.4 Å². The first-order valence-corrected chi connectivity index (χ1v) is 11.5. The summed E-state index contributed by atoms with van der Waals surface area (Å²) in [5.74, 6) is 2.77. The summed E-state index contributed by atoms with van der Waals surface area (Å²) in [5.41, 5.74) is 6.36. The van der Waals surface area contributed by atoms with Gasteiger partial charge in [-0.2, -0.15) is 0 Å². The van der Waals surface area contributed by atoms with E-state index in [1.54, 1.807) is 24.3 Å². The van der Waals surface area contributed by atoms with Gasteiger partial charge in [-0.1, -0.05) is 30.0 Å². The third-order valence-corrected chi connectivity index (χ3v) is 6.51. The highest BCUT2D eigenvalue weighted by Gasteiger charge is 2.53. The molecule has 2 fully saturated rings. The van der Waals surface area contributed by atoms with Crippen molar-refractivity contribution in [3.05, 3.63) is 77.0 Å². The van der Waals surface area contributed by atoms with E-state index in [2.05, 4.69) is 16.8 Å². The fraction of sp³-hybridized carbons (Fsp3) is 0.296. The number of carbonyl (C=O) groups is 2. The minimum atomic E-state index is -1.04. The average molecular weight is 477 g/mol. The fourth-order valence-electron chi connectivity index (χ4n) is 4.85. The first kappa shape index (κ1) is 24.1. The zero-order chi connectivity index (χ0) is 25.2. The minimum absolute atomic E-state index is 0.0930. The smallest absolute Gasteiger partial charge is 0.332 e. The molecule has 35 heavy (non-hydrogen) atoms. The van der Waals surface area contributed by atoms with Crippen LogP contribution in [0, 0.1) is 23.5 Å². The number of imide groups is 1. The summed E-state index contributed by atoms with van der Waals surface area (Å²) in [6.07, 6.45) is 3.13. The third-order valence-electron chi connectivity index (χ3n) is 6.51. The monoisotopic (exact) mass is 476 g/mol. The van der Waals surface area contributed by atoms with Gasteiger partial charge in [0.05, 0.1) is 12.0 Å². The molecule has 1 spiro atoms. The van der Waals surface area contributed by atoms with E-state index in [9.17, 15) is 9.59 Å². The second kappa shape index (κ2) is 9.71. The van der Waals surface area contributed by atoms with Gasteiger partial charge in [0, 0.05) is 42.2 Å². The second-order valence-electron chi connectivity index (χ2n) is 8.54. The predicted molar refractivity (Wildman–Crippen MR) is 131 cm³/mol. The Bertz CT molecular complexity index is 1270. The first-order valence-electron chi connectivity index (χ1n) is 11.5. The van der Waals surface area contributed by atoms with E-state index in [1.807, 2.05) is 13.0 Å². The van der Waals surface area contributed by atoms with Crippen LogP contribution in [0.25, 0.3) is 0 Å². The molecule has 180 valence electrons. The SMILES string of the molecule is CCN=C1CCC[C@]2(CC(=O)N(c3c(F)cc(C#Cc4ccccc4)cc3F)C(=O)N2C)/C1=C/N. The molecule has 1 heterocycles. The van der Waals surface area contributed by atoms with Crippen LogP contribution >= 0.6 is 0 Å². The highest BCUT2D eigenvalue weighted by atomic mass is 19.1. The maximum atomic E-state index is 15.1. The van der Waals surface area contributed by atoms with Gasteiger partial charge in [-0.3, -0.25) is 9.79 Å². The number of rotatable bonds is 2. The molecule has 2 aromatic carbocycles. The lowest BCUT2D eigenvalue weighted by molar-refractivity contribution is -0.121. The van der Waals surface area contributed by atoms with Crippen LogP contribution < -0.4 is 10.6 Å². The Morgan fingerprint density at radius 2 is 1.77 bits per heavy atom. The van der Waals surface area contributed by atoms with Crippen LogP contribution in [0.3, 0.4) is 0 Å². The van der Waals surface area contributed by atoms with Gasteiger partial charge in [0.15, 0.2) is 11.6 Å². The molecule has 2 aromatic rings. The van der Waals surface area contributed by atoms with Crippen LogP contribution in [-0.2, 0) is 4.79 Å². The van der Waals surface area contributed by atoms with Crippen molar-refractivity contribution >= 4 is 23.3 Å². The van der Waals surface area contributed by atoms with Gasteiger partial charge >= 0.3 is 6.03 Å². The van der Waals surface area contributed by atoms with Gasteiger partial charge in [0.2, 0.25) is 5.91 Å². The molecule has 0 radical (unpaired) electrons. The van der Waals surface area contributed by atoms with Crippen LogP contribution in [0.15, 0.2) is 59.2 Å². The van der Waals surface area contributed by atoms with Gasteiger partial charge in [0.25, 0.3) is 0 Å². The molecule has 0 bridgehead atoms. The Kier molecular flexibility index (Phi) is 6.70. The number of urea groups is 1. The molecule has 1 saturated carbocycles. The second-order valence-corrected chi connectivity index (χ2v) is 8.54. The van der Waals surface area contributed by atoms with Crippen molar-refractivity contribution in [2.75, 3.05) is 18.5 Å². The standard InChI is InChI=1S/C27H26F2N4O2/c1-3-31-23-10-7-13-27(20(23)17-30)16-24(34)33(26(35)32(27)2)25-21(28)14-19(15-22(25)29)12-11-18-8-5-4-6-9-18/h4-6,8-9,14-15,17H,3,7,10,13,16,30H2,1-2H3/b20-17+,31-23?/t27-/m0/s1. The number of hydrogen-bond donors (Lipinski definition) is 1. The number of nitrogens with zero attached hydrogens (tertiary/aromatic N) is 3. The fourth-order valence-corrected chi connectivity index (χ4v) is 4.85. The highest BCUT2D eigenvalue weighted by molar-refractivity contribution is 6.18. The topological polar surface area (TPSA) is 79.0 Å². The zero-order valence-electron chi connectivity index (χ0n) is 19.6. The normalized spacial score (nSPS) is 22.6. The third kappa shape index (κ3) is 4.30. The van der Waals surface area contributed by atoms with Crippen molar-refractivity contribution in [1.29, 1.82) is 0 Å². The molecule has 2 aliphatic rings. The number of aliphatic imine (C=N–C) groups is 1. The Balaban J connectivity index is 1.69. The Hall–Kier alpha value is -3.99. The van der Waals surface area contributed by atoms with Crippen molar-refractivity contribution in [3.63, 3.8) is 0 Å². The molecule has 0 unspecified atom stereocenters. The van der Waals surface area contributed by atoms with E-state index >= 15 is 8.78 Å². The average Bonchev–Trinajstić information content (AvgIpc) is 2.84. The maximum absolute atomic E-state index is 15.1. The summed E-state index contributed by atoms with van der Waals surface area (Å²) >= 11 is 0. The van der Waals surface area contributed by atoms with E-state index in [-0.39, 0.29) is 12.0 Å². The van der Waals surface area contributed by atoms with Crippen molar-refractivity contribution in [1.82, 2.24) is 4.90 Å². The molecule has 3 amide bonds. The van der Waals surface area contributed by atoms with Gasteiger partial charge in [-0.25, -0.2) is 18.5 Å². The maximum Gasteiger partial charge on any atom is 0.332 e. The Morgan fingerprint density at radius 3 is 2.40 bits per heavy atom. The van der Waals surface area contributed by atoms with Crippen LogP contribution in [-0.4, -0.2) is 41.7 Å². The number of benzene rings is 2. The number of hydrogen-bond acceptors (Lipinski definition) is 4. The van der Waals surface area contributed by atoms with Crippen LogP contribution in [0.5, 0.6) is 0 Å². The Labute approximate surface area is 203 Å². The quantitative estimate of drug-likeness (QED) is 0.654. The molecule has 4 rings (SSSR count). The van der Waals surface area contributed by atoms with Crippen molar-refractivity contribution in [3.8, 4) is 11.8 Å². The number of anilines is 1. The van der Waals surface area contributed by atoms with E-state index in [4.69, 9.17) is 5.73 Å². The zero-order valence-corrected chi connectivity index (χ0v) is 19.6. The van der Waals surface area contributed by atoms with E-state index in [0.717, 1.165) is 17.8 Å². The van der Waals surface area contributed by atoms with Gasteiger partial charge in [-0.15, -0.1) is 0 Å². The molecular formula is C27H26F2N4O2. The summed E-state index contributed by atoms with van der Waals surface area (Å²) in [5, 5.41) is 0. The highest BCUT2D eigenvalue weighted by Crippen LogP contribution is 2.43. The lowest BCUT2D eigenvalue weighted by Crippen LogP contribution is -2.65. The number of amides is 3. The Morgan fingerprint density at radius 1 is 1.11 bits per heavy atom. The van der Waals surface area contributed by atoms with Crippen LogP contribution in [0.2, 0.25) is 0 Å².